The molecule has 2 aliphatic heterocycles. The summed E-state index contributed by atoms with van der Waals surface area (Å²) in [6.07, 6.45) is 4.32. The second-order valence-corrected chi connectivity index (χ2v) is 7.96. The lowest BCUT2D eigenvalue weighted by atomic mass is 9.80. The first-order valence-corrected chi connectivity index (χ1v) is 9.87. The van der Waals surface area contributed by atoms with Gasteiger partial charge in [0.2, 0.25) is 5.91 Å². The third-order valence-electron chi connectivity index (χ3n) is 5.73. The van der Waals surface area contributed by atoms with Crippen molar-refractivity contribution in [3.8, 4) is 0 Å². The molecule has 1 spiro atoms. The van der Waals surface area contributed by atoms with Crippen LogP contribution in [0.3, 0.4) is 0 Å². The summed E-state index contributed by atoms with van der Waals surface area (Å²) in [4.78, 5) is 32.7. The van der Waals surface area contributed by atoms with Crippen LogP contribution in [0.15, 0.2) is 48.8 Å². The van der Waals surface area contributed by atoms with E-state index in [4.69, 9.17) is 4.74 Å². The van der Waals surface area contributed by atoms with Crippen molar-refractivity contribution in [3.05, 3.63) is 59.9 Å². The number of amides is 3. The van der Waals surface area contributed by atoms with E-state index in [0.717, 1.165) is 23.2 Å². The first-order valence-electron chi connectivity index (χ1n) is 9.87. The van der Waals surface area contributed by atoms with Gasteiger partial charge in [0.25, 0.3) is 0 Å². The second kappa shape index (κ2) is 7.83. The molecule has 2 atom stereocenters. The molecule has 3 amide bonds. The van der Waals surface area contributed by atoms with Crippen LogP contribution in [0, 0.1) is 0 Å². The maximum absolute atomic E-state index is 12.7. The van der Waals surface area contributed by atoms with E-state index in [2.05, 4.69) is 10.3 Å². The van der Waals surface area contributed by atoms with Gasteiger partial charge in [0.1, 0.15) is 6.10 Å². The lowest BCUT2D eigenvalue weighted by molar-refractivity contribution is -0.129. The van der Waals surface area contributed by atoms with Crippen LogP contribution < -0.4 is 10.2 Å². The predicted molar refractivity (Wildman–Crippen MR) is 110 cm³/mol. The molecule has 1 aromatic heterocycles. The molecule has 2 aromatic rings. The summed E-state index contributed by atoms with van der Waals surface area (Å²) in [7, 11) is 3.50. The molecular weight excluding hydrogens is 368 g/mol. The van der Waals surface area contributed by atoms with Crippen LogP contribution in [0.2, 0.25) is 0 Å². The highest BCUT2D eigenvalue weighted by Crippen LogP contribution is 2.47. The fourth-order valence-corrected chi connectivity index (χ4v) is 4.24. The van der Waals surface area contributed by atoms with Crippen LogP contribution in [0.5, 0.6) is 0 Å². The van der Waals surface area contributed by atoms with E-state index in [1.807, 2.05) is 36.4 Å². The topological polar surface area (TPSA) is 74.8 Å². The minimum atomic E-state index is -0.505. The standard InChI is InChI=1S/C22H26N4O3/c1-25(2)21(28)26-14-22(17-5-3-4-6-18(17)26)13-19(29-15-22)20(27)24-12-9-16-7-10-23-11-8-16/h3-8,10-11,19H,9,12-15H2,1-2H3,(H,24,27). The van der Waals surface area contributed by atoms with Crippen molar-refractivity contribution in [2.45, 2.75) is 24.4 Å². The van der Waals surface area contributed by atoms with Gasteiger partial charge in [-0.25, -0.2) is 4.79 Å². The van der Waals surface area contributed by atoms with Crippen LogP contribution >= 0.6 is 0 Å². The van der Waals surface area contributed by atoms with Gasteiger partial charge >= 0.3 is 6.03 Å². The van der Waals surface area contributed by atoms with Crippen LogP contribution in [0.1, 0.15) is 17.5 Å². The van der Waals surface area contributed by atoms with Crippen molar-refractivity contribution in [3.63, 3.8) is 0 Å². The quantitative estimate of drug-likeness (QED) is 0.860. The van der Waals surface area contributed by atoms with Crippen molar-refractivity contribution < 1.29 is 14.3 Å². The maximum Gasteiger partial charge on any atom is 0.323 e. The Kier molecular flexibility index (Phi) is 5.24. The number of aromatic nitrogens is 1. The molecule has 1 aromatic carbocycles. The zero-order valence-corrected chi connectivity index (χ0v) is 16.8. The largest absolute Gasteiger partial charge is 0.367 e. The van der Waals surface area contributed by atoms with Gasteiger partial charge < -0.3 is 15.0 Å². The third-order valence-corrected chi connectivity index (χ3v) is 5.73. The molecule has 2 unspecified atom stereocenters. The summed E-state index contributed by atoms with van der Waals surface area (Å²) in [5.41, 5.74) is 2.79. The summed E-state index contributed by atoms with van der Waals surface area (Å²) in [6, 6.07) is 11.8. The summed E-state index contributed by atoms with van der Waals surface area (Å²) >= 11 is 0. The first-order chi connectivity index (χ1) is 14.0. The average Bonchev–Trinajstić information content (AvgIpc) is 3.31. The molecule has 29 heavy (non-hydrogen) atoms. The number of rotatable bonds is 4. The Balaban J connectivity index is 1.43. The normalized spacial score (nSPS) is 22.6. The van der Waals surface area contributed by atoms with E-state index in [1.165, 1.54) is 0 Å². The van der Waals surface area contributed by atoms with E-state index in [-0.39, 0.29) is 17.4 Å². The van der Waals surface area contributed by atoms with Gasteiger partial charge in [0.05, 0.1) is 6.61 Å². The zero-order valence-electron chi connectivity index (χ0n) is 16.8. The summed E-state index contributed by atoms with van der Waals surface area (Å²) in [6.45, 7) is 1.52. The van der Waals surface area contributed by atoms with Crippen LogP contribution in [-0.2, 0) is 21.4 Å². The van der Waals surface area contributed by atoms with E-state index < -0.39 is 6.10 Å². The number of para-hydroxylation sites is 1. The van der Waals surface area contributed by atoms with Gasteiger partial charge in [-0.15, -0.1) is 0 Å². The number of carbonyl (C=O) groups excluding carboxylic acids is 2. The average molecular weight is 394 g/mol. The molecule has 0 bridgehead atoms. The molecule has 0 radical (unpaired) electrons. The van der Waals surface area contributed by atoms with Gasteiger partial charge in [-0.3, -0.25) is 14.7 Å². The summed E-state index contributed by atoms with van der Waals surface area (Å²) in [5, 5.41) is 2.98. The molecule has 2 aliphatic rings. The molecule has 7 heteroatoms. The van der Waals surface area contributed by atoms with Crippen molar-refractivity contribution in [2.24, 2.45) is 0 Å². The van der Waals surface area contributed by atoms with Gasteiger partial charge in [-0.2, -0.15) is 0 Å². The number of anilines is 1. The Hall–Kier alpha value is -2.93. The van der Waals surface area contributed by atoms with Crippen LogP contribution in [0.25, 0.3) is 0 Å². The van der Waals surface area contributed by atoms with Crippen LogP contribution in [0.4, 0.5) is 10.5 Å². The molecule has 1 fully saturated rings. The number of benzene rings is 1. The first kappa shape index (κ1) is 19.4. The smallest absolute Gasteiger partial charge is 0.323 e. The zero-order chi connectivity index (χ0) is 20.4. The highest BCUT2D eigenvalue weighted by atomic mass is 16.5. The Bertz CT molecular complexity index is 902. The Labute approximate surface area is 170 Å². The number of urea groups is 1. The molecule has 4 rings (SSSR count). The number of fused-ring (bicyclic) bond motifs is 2. The molecular formula is C22H26N4O3. The predicted octanol–water partition coefficient (Wildman–Crippen LogP) is 1.97. The van der Waals surface area contributed by atoms with Gasteiger partial charge in [-0.05, 0) is 42.2 Å². The Morgan fingerprint density at radius 2 is 2.00 bits per heavy atom. The van der Waals surface area contributed by atoms with Gasteiger partial charge in [0.15, 0.2) is 0 Å². The number of pyridine rings is 1. The van der Waals surface area contributed by atoms with Crippen molar-refractivity contribution in [1.82, 2.24) is 15.2 Å². The molecule has 0 saturated carbocycles. The Morgan fingerprint density at radius 1 is 1.24 bits per heavy atom. The van der Waals surface area contributed by atoms with E-state index in [1.54, 1.807) is 36.3 Å². The molecule has 1 N–H and O–H groups in total. The highest BCUT2D eigenvalue weighted by molar-refractivity contribution is 5.95. The van der Waals surface area contributed by atoms with Crippen molar-refractivity contribution in [1.29, 1.82) is 0 Å². The second-order valence-electron chi connectivity index (χ2n) is 7.96. The molecule has 7 nitrogen and oxygen atoms in total. The van der Waals surface area contributed by atoms with E-state index in [0.29, 0.717) is 26.1 Å². The fourth-order valence-electron chi connectivity index (χ4n) is 4.24. The lowest BCUT2D eigenvalue weighted by Gasteiger charge is -2.25. The summed E-state index contributed by atoms with van der Waals surface area (Å²) < 4.78 is 5.93. The van der Waals surface area contributed by atoms with Gasteiger partial charge in [-0.1, -0.05) is 18.2 Å². The SMILES string of the molecule is CN(C)C(=O)N1CC2(COC(C(=O)NCCc3ccncc3)C2)c2ccccc21. The van der Waals surface area contributed by atoms with E-state index in [9.17, 15) is 9.59 Å². The number of hydrogen-bond acceptors (Lipinski definition) is 4. The number of nitrogens with zero attached hydrogens (tertiary/aromatic N) is 3. The molecule has 152 valence electrons. The van der Waals surface area contributed by atoms with Gasteiger partial charge in [0, 0.05) is 50.7 Å². The minimum Gasteiger partial charge on any atom is -0.367 e. The number of hydrogen-bond donors (Lipinski definition) is 1. The fraction of sp³-hybridized carbons (Fsp3) is 0.409. The van der Waals surface area contributed by atoms with E-state index >= 15 is 0 Å². The summed E-state index contributed by atoms with van der Waals surface area (Å²) in [5.74, 6) is -0.0919. The van der Waals surface area contributed by atoms with Crippen LogP contribution in [-0.4, -0.2) is 61.7 Å². The molecule has 3 heterocycles. The maximum atomic E-state index is 12.7. The molecule has 0 aliphatic carbocycles. The number of ether oxygens (including phenoxy) is 1. The Morgan fingerprint density at radius 3 is 2.76 bits per heavy atom. The number of nitrogens with one attached hydrogen (secondary N) is 1. The minimum absolute atomic E-state index is 0.0559. The van der Waals surface area contributed by atoms with Crippen molar-refractivity contribution >= 4 is 17.6 Å². The third kappa shape index (κ3) is 3.70. The molecule has 1 saturated heterocycles. The monoisotopic (exact) mass is 394 g/mol. The number of carbonyl (C=O) groups is 2. The van der Waals surface area contributed by atoms with Crippen molar-refractivity contribution in [2.75, 3.05) is 38.7 Å². The highest BCUT2D eigenvalue weighted by Gasteiger charge is 2.51. The lowest BCUT2D eigenvalue weighted by Crippen LogP contribution is -2.43.